The van der Waals surface area contributed by atoms with Gasteiger partial charge in [-0.25, -0.2) is 4.79 Å². The fourth-order valence-corrected chi connectivity index (χ4v) is 4.00. The van der Waals surface area contributed by atoms with Crippen LogP contribution in [0.1, 0.15) is 24.6 Å². The highest BCUT2D eigenvalue weighted by atomic mass is 19.4. The molecule has 3 amide bonds. The lowest BCUT2D eigenvalue weighted by atomic mass is 9.78. The van der Waals surface area contributed by atoms with E-state index in [0.29, 0.717) is 17.5 Å². The summed E-state index contributed by atoms with van der Waals surface area (Å²) in [4.78, 5) is 27.7. The maximum Gasteiger partial charge on any atom is 0.433 e. The lowest BCUT2D eigenvalue weighted by Crippen LogP contribution is -2.60. The van der Waals surface area contributed by atoms with E-state index in [2.05, 4.69) is 20.9 Å². The van der Waals surface area contributed by atoms with Crippen molar-refractivity contribution in [3.05, 3.63) is 59.9 Å². The molecule has 1 fully saturated rings. The van der Waals surface area contributed by atoms with E-state index in [9.17, 15) is 22.8 Å². The number of rotatable bonds is 3. The molecule has 156 valence electrons. The Kier molecular flexibility index (Phi) is 4.76. The normalized spacial score (nSPS) is 23.6. The van der Waals surface area contributed by atoms with Gasteiger partial charge < -0.3 is 10.6 Å². The standard InChI is InChI=1S/C21H19F3N4O2/c1-2-13-9-16(26-11-20(13)18(29)27-19(30)28-20)15-6-4-3-5-14(15)12-7-8-17(25-10-12)21(22,23)24/h3-10,13,26H,2,11H2,1H3,(H2,27,28,29,30). The Balaban J connectivity index is 1.72. The highest BCUT2D eigenvalue weighted by Crippen LogP contribution is 2.36. The van der Waals surface area contributed by atoms with Gasteiger partial charge in [-0.2, -0.15) is 13.2 Å². The van der Waals surface area contributed by atoms with E-state index in [1.165, 1.54) is 12.3 Å². The van der Waals surface area contributed by atoms with Crippen molar-refractivity contribution in [2.45, 2.75) is 25.1 Å². The number of amides is 3. The van der Waals surface area contributed by atoms with Crippen LogP contribution in [0.25, 0.3) is 16.8 Å². The molecular formula is C21H19F3N4O2. The SMILES string of the molecule is CCC1C=C(c2ccccc2-c2ccc(C(F)(F)F)nc2)NCC12NC(=O)NC2=O. The molecule has 1 aromatic carbocycles. The van der Waals surface area contributed by atoms with E-state index in [-0.39, 0.29) is 18.4 Å². The zero-order valence-electron chi connectivity index (χ0n) is 16.0. The number of carbonyl (C=O) groups excluding carboxylic acids is 2. The van der Waals surface area contributed by atoms with Crippen molar-refractivity contribution in [3.8, 4) is 11.1 Å². The van der Waals surface area contributed by atoms with Crippen LogP contribution in [0.4, 0.5) is 18.0 Å². The zero-order chi connectivity index (χ0) is 21.5. The summed E-state index contributed by atoms with van der Waals surface area (Å²) < 4.78 is 38.5. The van der Waals surface area contributed by atoms with Gasteiger partial charge in [-0.05, 0) is 18.1 Å². The number of urea groups is 1. The minimum atomic E-state index is -4.50. The average molecular weight is 416 g/mol. The monoisotopic (exact) mass is 416 g/mol. The lowest BCUT2D eigenvalue weighted by molar-refractivity contribution is -0.141. The van der Waals surface area contributed by atoms with Gasteiger partial charge in [-0.1, -0.05) is 43.3 Å². The van der Waals surface area contributed by atoms with Gasteiger partial charge in [0, 0.05) is 35.5 Å². The van der Waals surface area contributed by atoms with E-state index < -0.39 is 23.4 Å². The van der Waals surface area contributed by atoms with Crippen LogP contribution in [0.5, 0.6) is 0 Å². The molecule has 1 saturated heterocycles. The molecule has 3 N–H and O–H groups in total. The third kappa shape index (κ3) is 3.30. The number of hydrogen-bond acceptors (Lipinski definition) is 4. The Hall–Kier alpha value is -3.36. The summed E-state index contributed by atoms with van der Waals surface area (Å²) in [6.07, 6.45) is -0.789. The minimum Gasteiger partial charge on any atom is -0.382 e. The molecule has 1 spiro atoms. The van der Waals surface area contributed by atoms with Gasteiger partial charge in [0.2, 0.25) is 0 Å². The maximum absolute atomic E-state index is 12.8. The predicted octanol–water partition coefficient (Wildman–Crippen LogP) is 3.32. The first kappa shape index (κ1) is 19.9. The summed E-state index contributed by atoms with van der Waals surface area (Å²) in [5.41, 5.74) is 0.772. The Labute approximate surface area is 170 Å². The Morgan fingerprint density at radius 1 is 1.13 bits per heavy atom. The number of nitrogens with zero attached hydrogens (tertiary/aromatic N) is 1. The van der Waals surface area contributed by atoms with Gasteiger partial charge in [0.25, 0.3) is 5.91 Å². The van der Waals surface area contributed by atoms with Crippen molar-refractivity contribution in [1.29, 1.82) is 0 Å². The molecule has 2 atom stereocenters. The molecule has 0 radical (unpaired) electrons. The highest BCUT2D eigenvalue weighted by Gasteiger charge is 2.52. The molecular weight excluding hydrogens is 397 g/mol. The van der Waals surface area contributed by atoms with E-state index >= 15 is 0 Å². The zero-order valence-corrected chi connectivity index (χ0v) is 16.0. The van der Waals surface area contributed by atoms with Crippen LogP contribution in [0, 0.1) is 5.92 Å². The van der Waals surface area contributed by atoms with Crippen molar-refractivity contribution in [3.63, 3.8) is 0 Å². The summed E-state index contributed by atoms with van der Waals surface area (Å²) in [7, 11) is 0. The molecule has 2 unspecified atom stereocenters. The molecule has 3 heterocycles. The van der Waals surface area contributed by atoms with Crippen molar-refractivity contribution in [2.75, 3.05) is 6.54 Å². The second-order valence-corrected chi connectivity index (χ2v) is 7.30. The molecule has 4 rings (SSSR count). The quantitative estimate of drug-likeness (QED) is 0.671. The van der Waals surface area contributed by atoms with E-state index in [0.717, 1.165) is 17.3 Å². The molecule has 9 heteroatoms. The lowest BCUT2D eigenvalue weighted by Gasteiger charge is -2.38. The number of imide groups is 1. The van der Waals surface area contributed by atoms with Crippen molar-refractivity contribution in [1.82, 2.24) is 20.9 Å². The number of nitrogens with one attached hydrogen (secondary N) is 3. The van der Waals surface area contributed by atoms with Crippen LogP contribution in [-0.2, 0) is 11.0 Å². The van der Waals surface area contributed by atoms with Gasteiger partial charge >= 0.3 is 12.2 Å². The summed E-state index contributed by atoms with van der Waals surface area (Å²) in [6, 6.07) is 9.10. The third-order valence-electron chi connectivity index (χ3n) is 5.55. The number of benzene rings is 1. The molecule has 2 aliphatic heterocycles. The molecule has 30 heavy (non-hydrogen) atoms. The summed E-state index contributed by atoms with van der Waals surface area (Å²) in [6.45, 7) is 2.13. The topological polar surface area (TPSA) is 83.1 Å². The molecule has 1 aromatic heterocycles. The number of aromatic nitrogens is 1. The van der Waals surface area contributed by atoms with Crippen molar-refractivity contribution < 1.29 is 22.8 Å². The highest BCUT2D eigenvalue weighted by molar-refractivity contribution is 6.08. The average Bonchev–Trinajstić information content (AvgIpc) is 3.01. The van der Waals surface area contributed by atoms with Gasteiger partial charge in [0.1, 0.15) is 11.2 Å². The van der Waals surface area contributed by atoms with Crippen LogP contribution >= 0.6 is 0 Å². The minimum absolute atomic E-state index is 0.203. The number of halogens is 3. The second kappa shape index (κ2) is 7.16. The fraction of sp³-hybridized carbons (Fsp3) is 0.286. The molecule has 0 saturated carbocycles. The first-order valence-corrected chi connectivity index (χ1v) is 9.47. The third-order valence-corrected chi connectivity index (χ3v) is 5.55. The largest absolute Gasteiger partial charge is 0.433 e. The first-order valence-electron chi connectivity index (χ1n) is 9.47. The van der Waals surface area contributed by atoms with Gasteiger partial charge in [-0.15, -0.1) is 0 Å². The predicted molar refractivity (Wildman–Crippen MR) is 104 cm³/mol. The summed E-state index contributed by atoms with van der Waals surface area (Å²) >= 11 is 0. The molecule has 0 bridgehead atoms. The van der Waals surface area contributed by atoms with Crippen LogP contribution < -0.4 is 16.0 Å². The molecule has 6 nitrogen and oxygen atoms in total. The maximum atomic E-state index is 12.8. The van der Waals surface area contributed by atoms with Gasteiger partial charge in [0.05, 0.1) is 0 Å². The Morgan fingerprint density at radius 3 is 2.43 bits per heavy atom. The summed E-state index contributed by atoms with van der Waals surface area (Å²) in [5.74, 6) is -0.624. The Morgan fingerprint density at radius 2 is 1.87 bits per heavy atom. The van der Waals surface area contributed by atoms with E-state index in [1.54, 1.807) is 12.1 Å². The fourth-order valence-electron chi connectivity index (χ4n) is 4.00. The summed E-state index contributed by atoms with van der Waals surface area (Å²) in [5, 5.41) is 8.24. The first-order chi connectivity index (χ1) is 14.2. The molecule has 0 aliphatic carbocycles. The van der Waals surface area contributed by atoms with Gasteiger partial charge in [0.15, 0.2) is 0 Å². The second-order valence-electron chi connectivity index (χ2n) is 7.30. The van der Waals surface area contributed by atoms with Crippen molar-refractivity contribution in [2.24, 2.45) is 5.92 Å². The number of hydrogen-bond donors (Lipinski definition) is 3. The number of alkyl halides is 3. The smallest absolute Gasteiger partial charge is 0.382 e. The number of carbonyl (C=O) groups is 2. The van der Waals surface area contributed by atoms with Crippen LogP contribution in [0.2, 0.25) is 0 Å². The van der Waals surface area contributed by atoms with Crippen LogP contribution in [-0.4, -0.2) is 29.0 Å². The molecule has 2 aromatic rings. The van der Waals surface area contributed by atoms with E-state index in [4.69, 9.17) is 0 Å². The van der Waals surface area contributed by atoms with Gasteiger partial charge in [-0.3, -0.25) is 15.1 Å². The van der Waals surface area contributed by atoms with Crippen LogP contribution in [0.3, 0.4) is 0 Å². The Bertz CT molecular complexity index is 1030. The van der Waals surface area contributed by atoms with Crippen molar-refractivity contribution >= 4 is 17.6 Å². The van der Waals surface area contributed by atoms with Crippen LogP contribution in [0.15, 0.2) is 48.7 Å². The van der Waals surface area contributed by atoms with E-state index in [1.807, 2.05) is 25.1 Å². The molecule has 2 aliphatic rings. The number of pyridine rings is 1.